The van der Waals surface area contributed by atoms with Gasteiger partial charge in [-0.15, -0.1) is 5.10 Å². The molecule has 0 atom stereocenters. The monoisotopic (exact) mass is 293 g/mol. The molecule has 0 saturated heterocycles. The van der Waals surface area contributed by atoms with E-state index >= 15 is 0 Å². The quantitative estimate of drug-likeness (QED) is 0.817. The molecule has 17 heavy (non-hydrogen) atoms. The number of ether oxygens (including phenoxy) is 1. The second-order valence-electron chi connectivity index (χ2n) is 3.47. The Morgan fingerprint density at radius 1 is 1.24 bits per heavy atom. The maximum atomic E-state index is 4.87. The lowest BCUT2D eigenvalue weighted by Gasteiger charge is -1.98. The van der Waals surface area contributed by atoms with Crippen molar-refractivity contribution in [1.29, 1.82) is 0 Å². The van der Waals surface area contributed by atoms with Crippen molar-refractivity contribution < 1.29 is 4.74 Å². The van der Waals surface area contributed by atoms with Crippen LogP contribution in [0.3, 0.4) is 0 Å². The first kappa shape index (κ1) is 11.9. The third-order valence-electron chi connectivity index (χ3n) is 2.24. The van der Waals surface area contributed by atoms with Crippen molar-refractivity contribution in [2.45, 2.75) is 6.92 Å². The number of benzene rings is 1. The highest BCUT2D eigenvalue weighted by Crippen LogP contribution is 2.14. The van der Waals surface area contributed by atoms with Crippen LogP contribution in [0.4, 0.5) is 0 Å². The minimum absolute atomic E-state index is 0.801. The topological polar surface area (TPSA) is 39.9 Å². The van der Waals surface area contributed by atoms with E-state index < -0.39 is 0 Å². The number of halogens is 1. The van der Waals surface area contributed by atoms with E-state index in [-0.39, 0.29) is 0 Å². The number of nitrogens with zero attached hydrogens (tertiary/aromatic N) is 3. The van der Waals surface area contributed by atoms with Gasteiger partial charge in [-0.2, -0.15) is 9.90 Å². The molecule has 0 bridgehead atoms. The lowest BCUT2D eigenvalue weighted by Crippen LogP contribution is -1.98. The fraction of sp³-hybridized carbons (Fsp3) is 0.167. The first-order valence-electron chi connectivity index (χ1n) is 5.10. The zero-order valence-corrected chi connectivity index (χ0v) is 11.2. The molecule has 0 amide bonds. The summed E-state index contributed by atoms with van der Waals surface area (Å²) in [6.07, 6.45) is 3.38. The Morgan fingerprint density at radius 2 is 1.94 bits per heavy atom. The van der Waals surface area contributed by atoms with E-state index in [1.165, 1.54) is 0 Å². The Kier molecular flexibility index (Phi) is 3.58. The fourth-order valence-electron chi connectivity index (χ4n) is 1.37. The van der Waals surface area contributed by atoms with Crippen molar-refractivity contribution in [3.05, 3.63) is 46.4 Å². The third-order valence-corrected chi connectivity index (χ3v) is 2.77. The predicted molar refractivity (Wildman–Crippen MR) is 69.8 cm³/mol. The summed E-state index contributed by atoms with van der Waals surface area (Å²) in [7, 11) is 1.60. The van der Waals surface area contributed by atoms with Gasteiger partial charge in [0.1, 0.15) is 5.69 Å². The Balaban J connectivity index is 2.34. The van der Waals surface area contributed by atoms with Gasteiger partial charge >= 0.3 is 0 Å². The highest BCUT2D eigenvalue weighted by Gasteiger charge is 2.05. The zero-order chi connectivity index (χ0) is 12.3. The van der Waals surface area contributed by atoms with Crippen molar-refractivity contribution in [1.82, 2.24) is 15.0 Å². The molecule has 0 aliphatic heterocycles. The van der Waals surface area contributed by atoms with Crippen molar-refractivity contribution >= 4 is 22.0 Å². The Morgan fingerprint density at radius 3 is 2.59 bits per heavy atom. The minimum atomic E-state index is 0.801. The lowest BCUT2D eigenvalue weighted by atomic mass is 10.3. The van der Waals surface area contributed by atoms with Crippen LogP contribution in [0.2, 0.25) is 0 Å². The standard InChI is InChI=1S/C12H12BrN3O/c1-9-12(7-8-17-2)15-16(14-9)11-5-3-10(13)4-6-11/h3-8H,1-2H3/b8-7+. The van der Waals surface area contributed by atoms with E-state index in [2.05, 4.69) is 26.1 Å². The van der Waals surface area contributed by atoms with Crippen LogP contribution in [0.15, 0.2) is 35.0 Å². The second kappa shape index (κ2) is 5.14. The summed E-state index contributed by atoms with van der Waals surface area (Å²) in [6.45, 7) is 1.91. The van der Waals surface area contributed by atoms with Crippen LogP contribution >= 0.6 is 15.9 Å². The van der Waals surface area contributed by atoms with E-state index in [1.54, 1.807) is 24.2 Å². The van der Waals surface area contributed by atoms with E-state index in [9.17, 15) is 0 Å². The van der Waals surface area contributed by atoms with Crippen LogP contribution in [-0.2, 0) is 4.74 Å². The fourth-order valence-corrected chi connectivity index (χ4v) is 1.63. The van der Waals surface area contributed by atoms with E-state index in [4.69, 9.17) is 4.74 Å². The molecule has 0 fully saturated rings. The number of aromatic nitrogens is 3. The highest BCUT2D eigenvalue weighted by molar-refractivity contribution is 9.10. The van der Waals surface area contributed by atoms with Crippen LogP contribution in [0.1, 0.15) is 11.4 Å². The van der Waals surface area contributed by atoms with Gasteiger partial charge in [0.2, 0.25) is 0 Å². The van der Waals surface area contributed by atoms with Crippen molar-refractivity contribution in [3.63, 3.8) is 0 Å². The van der Waals surface area contributed by atoms with Crippen molar-refractivity contribution in [2.75, 3.05) is 7.11 Å². The average molecular weight is 294 g/mol. The summed E-state index contributed by atoms with van der Waals surface area (Å²) in [5, 5.41) is 8.72. The van der Waals surface area contributed by atoms with E-state index in [0.29, 0.717) is 0 Å². The smallest absolute Gasteiger partial charge is 0.112 e. The first-order valence-corrected chi connectivity index (χ1v) is 5.89. The maximum Gasteiger partial charge on any atom is 0.112 e. The summed E-state index contributed by atoms with van der Waals surface area (Å²) in [5.74, 6) is 0. The van der Waals surface area contributed by atoms with Gasteiger partial charge in [-0.05, 0) is 31.2 Å². The van der Waals surface area contributed by atoms with Gasteiger partial charge in [-0.1, -0.05) is 15.9 Å². The third kappa shape index (κ3) is 2.74. The Hall–Kier alpha value is -1.62. The van der Waals surface area contributed by atoms with Crippen LogP contribution in [0.5, 0.6) is 0 Å². The molecule has 1 heterocycles. The molecular formula is C12H12BrN3O. The van der Waals surface area contributed by atoms with Crippen LogP contribution < -0.4 is 0 Å². The molecule has 5 heteroatoms. The molecule has 4 nitrogen and oxygen atoms in total. The molecule has 0 radical (unpaired) electrons. The van der Waals surface area contributed by atoms with Gasteiger partial charge in [0.15, 0.2) is 0 Å². The maximum absolute atomic E-state index is 4.87. The van der Waals surface area contributed by atoms with Crippen LogP contribution in [0.25, 0.3) is 11.8 Å². The summed E-state index contributed by atoms with van der Waals surface area (Å²) in [6, 6.07) is 7.82. The summed E-state index contributed by atoms with van der Waals surface area (Å²) >= 11 is 3.39. The number of hydrogen-bond acceptors (Lipinski definition) is 3. The molecule has 0 saturated carbocycles. The molecule has 0 N–H and O–H groups in total. The zero-order valence-electron chi connectivity index (χ0n) is 9.59. The van der Waals surface area contributed by atoms with Gasteiger partial charge in [0.25, 0.3) is 0 Å². The predicted octanol–water partition coefficient (Wildman–Crippen LogP) is 2.96. The first-order chi connectivity index (χ1) is 8.20. The van der Waals surface area contributed by atoms with E-state index in [1.807, 2.05) is 31.2 Å². The summed E-state index contributed by atoms with van der Waals surface area (Å²) in [4.78, 5) is 1.61. The van der Waals surface area contributed by atoms with Gasteiger partial charge in [-0.25, -0.2) is 0 Å². The van der Waals surface area contributed by atoms with Crippen molar-refractivity contribution in [3.8, 4) is 5.69 Å². The second-order valence-corrected chi connectivity index (χ2v) is 4.39. The molecule has 1 aromatic heterocycles. The number of rotatable bonds is 3. The number of hydrogen-bond donors (Lipinski definition) is 0. The lowest BCUT2D eigenvalue weighted by molar-refractivity contribution is 0.341. The Labute approximate surface area is 108 Å². The van der Waals surface area contributed by atoms with Gasteiger partial charge in [0, 0.05) is 10.5 Å². The molecule has 88 valence electrons. The molecule has 0 aliphatic rings. The number of methoxy groups -OCH3 is 1. The summed E-state index contributed by atoms with van der Waals surface area (Å²) < 4.78 is 5.90. The highest BCUT2D eigenvalue weighted by atomic mass is 79.9. The average Bonchev–Trinajstić information content (AvgIpc) is 2.69. The molecule has 2 rings (SSSR count). The van der Waals surface area contributed by atoms with Crippen LogP contribution in [0, 0.1) is 6.92 Å². The van der Waals surface area contributed by atoms with Gasteiger partial charge in [-0.3, -0.25) is 0 Å². The minimum Gasteiger partial charge on any atom is -0.504 e. The summed E-state index contributed by atoms with van der Waals surface area (Å²) in [5.41, 5.74) is 2.59. The molecular weight excluding hydrogens is 282 g/mol. The Bertz CT molecular complexity index is 531. The molecule has 0 unspecified atom stereocenters. The van der Waals surface area contributed by atoms with Gasteiger partial charge < -0.3 is 4.74 Å². The molecule has 0 aliphatic carbocycles. The molecule has 2 aromatic rings. The number of aryl methyl sites for hydroxylation is 1. The molecule has 1 aromatic carbocycles. The largest absolute Gasteiger partial charge is 0.504 e. The normalized spacial score (nSPS) is 11.0. The van der Waals surface area contributed by atoms with Crippen LogP contribution in [-0.4, -0.2) is 22.1 Å². The van der Waals surface area contributed by atoms with Crippen molar-refractivity contribution in [2.24, 2.45) is 0 Å². The SMILES string of the molecule is CO/C=C/c1nn(-c2ccc(Br)cc2)nc1C. The molecule has 0 spiro atoms. The van der Waals surface area contributed by atoms with E-state index in [0.717, 1.165) is 21.5 Å². The van der Waals surface area contributed by atoms with Gasteiger partial charge in [0.05, 0.1) is 24.8 Å².